The van der Waals surface area contributed by atoms with Gasteiger partial charge in [-0.25, -0.2) is 0 Å². The Kier molecular flexibility index (Phi) is 3.48. The fourth-order valence-corrected chi connectivity index (χ4v) is 2.61. The number of hydrogen-bond donors (Lipinski definition) is 1. The van der Waals surface area contributed by atoms with Crippen LogP contribution >= 0.6 is 0 Å². The van der Waals surface area contributed by atoms with Crippen LogP contribution in [-0.2, 0) is 0 Å². The van der Waals surface area contributed by atoms with Crippen molar-refractivity contribution in [3.05, 3.63) is 60.3 Å². The second-order valence-electron chi connectivity index (χ2n) is 5.15. The summed E-state index contributed by atoms with van der Waals surface area (Å²) in [7, 11) is 0. The van der Waals surface area contributed by atoms with Gasteiger partial charge in [0, 0.05) is 29.5 Å². The van der Waals surface area contributed by atoms with Gasteiger partial charge in [0.1, 0.15) is 0 Å². The molecular formula is C18H19N3. The van der Waals surface area contributed by atoms with Gasteiger partial charge >= 0.3 is 0 Å². The van der Waals surface area contributed by atoms with Crippen molar-refractivity contribution in [2.24, 2.45) is 0 Å². The zero-order valence-electron chi connectivity index (χ0n) is 12.4. The van der Waals surface area contributed by atoms with E-state index in [1.165, 1.54) is 11.3 Å². The van der Waals surface area contributed by atoms with E-state index in [4.69, 9.17) is 5.73 Å². The average molecular weight is 277 g/mol. The highest BCUT2D eigenvalue weighted by Crippen LogP contribution is 2.33. The Hall–Kier alpha value is -2.55. The van der Waals surface area contributed by atoms with Gasteiger partial charge < -0.3 is 10.6 Å². The van der Waals surface area contributed by atoms with Crippen LogP contribution < -0.4 is 10.6 Å². The number of hydrogen-bond acceptors (Lipinski definition) is 3. The summed E-state index contributed by atoms with van der Waals surface area (Å²) in [5, 5.41) is 1.00. The molecule has 0 aliphatic carbocycles. The number of aryl methyl sites for hydroxylation is 1. The number of pyridine rings is 1. The van der Waals surface area contributed by atoms with Gasteiger partial charge in [-0.3, -0.25) is 4.98 Å². The van der Waals surface area contributed by atoms with Gasteiger partial charge in [-0.15, -0.1) is 0 Å². The standard InChI is InChI=1S/C18H19N3/c1-3-21(14-8-6-13(2)7-9-14)17-11-10-16(19)15-5-4-12-20-18(15)17/h4-12H,3,19H2,1-2H3. The number of nitrogen functional groups attached to an aromatic ring is 1. The molecule has 0 saturated carbocycles. The van der Waals surface area contributed by atoms with E-state index in [1.807, 2.05) is 30.5 Å². The highest BCUT2D eigenvalue weighted by atomic mass is 15.1. The molecule has 1 heterocycles. The maximum atomic E-state index is 6.07. The van der Waals surface area contributed by atoms with Crippen LogP contribution in [0.3, 0.4) is 0 Å². The summed E-state index contributed by atoms with van der Waals surface area (Å²) in [5.74, 6) is 0. The SMILES string of the molecule is CCN(c1ccc(C)cc1)c1ccc(N)c2cccnc12. The number of nitrogens with zero attached hydrogens (tertiary/aromatic N) is 2. The second-order valence-corrected chi connectivity index (χ2v) is 5.15. The molecule has 0 saturated heterocycles. The summed E-state index contributed by atoms with van der Waals surface area (Å²) in [6.07, 6.45) is 1.81. The predicted molar refractivity (Wildman–Crippen MR) is 90.0 cm³/mol. The Balaban J connectivity index is 2.17. The van der Waals surface area contributed by atoms with Gasteiger partial charge in [-0.05, 0) is 50.2 Å². The molecule has 2 aromatic carbocycles. The minimum absolute atomic E-state index is 0.766. The third-order valence-corrected chi connectivity index (χ3v) is 3.73. The summed E-state index contributed by atoms with van der Waals surface area (Å²) < 4.78 is 0. The van der Waals surface area contributed by atoms with E-state index in [1.54, 1.807) is 0 Å². The van der Waals surface area contributed by atoms with E-state index in [2.05, 4.69) is 48.0 Å². The molecule has 0 aliphatic rings. The van der Waals surface area contributed by atoms with Crippen molar-refractivity contribution in [3.63, 3.8) is 0 Å². The number of anilines is 3. The lowest BCUT2D eigenvalue weighted by molar-refractivity contribution is 1.03. The summed E-state index contributed by atoms with van der Waals surface area (Å²) in [4.78, 5) is 6.79. The molecule has 0 aliphatic heterocycles. The van der Waals surface area contributed by atoms with Crippen molar-refractivity contribution in [1.82, 2.24) is 4.98 Å². The van der Waals surface area contributed by atoms with Gasteiger partial charge in [0.05, 0.1) is 11.2 Å². The molecule has 0 unspecified atom stereocenters. The lowest BCUT2D eigenvalue weighted by atomic mass is 10.1. The van der Waals surface area contributed by atoms with Crippen LogP contribution in [0.5, 0.6) is 0 Å². The van der Waals surface area contributed by atoms with Gasteiger partial charge in [-0.2, -0.15) is 0 Å². The number of aromatic nitrogens is 1. The molecule has 3 aromatic rings. The molecule has 2 N–H and O–H groups in total. The van der Waals surface area contributed by atoms with Crippen molar-refractivity contribution in [2.75, 3.05) is 17.2 Å². The third kappa shape index (κ3) is 2.42. The molecule has 0 fully saturated rings. The normalized spacial score (nSPS) is 10.8. The average Bonchev–Trinajstić information content (AvgIpc) is 2.52. The van der Waals surface area contributed by atoms with Gasteiger partial charge in [0.25, 0.3) is 0 Å². The molecule has 3 rings (SSSR count). The highest BCUT2D eigenvalue weighted by Gasteiger charge is 2.12. The van der Waals surface area contributed by atoms with Crippen molar-refractivity contribution < 1.29 is 0 Å². The molecule has 3 nitrogen and oxygen atoms in total. The Morgan fingerprint density at radius 1 is 1.05 bits per heavy atom. The first-order valence-corrected chi connectivity index (χ1v) is 7.18. The zero-order chi connectivity index (χ0) is 14.8. The molecule has 0 bridgehead atoms. The van der Waals surface area contributed by atoms with Crippen molar-refractivity contribution in [2.45, 2.75) is 13.8 Å². The van der Waals surface area contributed by atoms with Crippen LogP contribution in [0.15, 0.2) is 54.7 Å². The van der Waals surface area contributed by atoms with Crippen molar-refractivity contribution in [3.8, 4) is 0 Å². The largest absolute Gasteiger partial charge is 0.398 e. The monoisotopic (exact) mass is 277 g/mol. The molecule has 0 atom stereocenters. The molecule has 21 heavy (non-hydrogen) atoms. The smallest absolute Gasteiger partial charge is 0.0959 e. The lowest BCUT2D eigenvalue weighted by Gasteiger charge is -2.25. The van der Waals surface area contributed by atoms with Crippen LogP contribution in [0.25, 0.3) is 10.9 Å². The minimum atomic E-state index is 0.766. The van der Waals surface area contributed by atoms with E-state index < -0.39 is 0 Å². The molecule has 3 heteroatoms. The topological polar surface area (TPSA) is 42.1 Å². The predicted octanol–water partition coefficient (Wildman–Crippen LogP) is 4.28. The van der Waals surface area contributed by atoms with Crippen molar-refractivity contribution >= 4 is 28.0 Å². The van der Waals surface area contributed by atoms with Crippen LogP contribution in [-0.4, -0.2) is 11.5 Å². The maximum absolute atomic E-state index is 6.07. The Bertz CT molecular complexity index is 763. The van der Waals surface area contributed by atoms with E-state index in [9.17, 15) is 0 Å². The van der Waals surface area contributed by atoms with Crippen LogP contribution in [0.2, 0.25) is 0 Å². The second kappa shape index (κ2) is 5.44. The Morgan fingerprint density at radius 2 is 1.81 bits per heavy atom. The fourth-order valence-electron chi connectivity index (χ4n) is 2.61. The summed E-state index contributed by atoms with van der Waals surface area (Å²) >= 11 is 0. The van der Waals surface area contributed by atoms with Gasteiger partial charge in [0.15, 0.2) is 0 Å². The summed E-state index contributed by atoms with van der Waals surface area (Å²) in [5.41, 5.74) is 11.3. The van der Waals surface area contributed by atoms with Crippen LogP contribution in [0, 0.1) is 6.92 Å². The number of benzene rings is 2. The van der Waals surface area contributed by atoms with Gasteiger partial charge in [-0.1, -0.05) is 17.7 Å². The molecule has 0 spiro atoms. The third-order valence-electron chi connectivity index (χ3n) is 3.73. The lowest BCUT2D eigenvalue weighted by Crippen LogP contribution is -2.16. The highest BCUT2D eigenvalue weighted by molar-refractivity contribution is 5.99. The molecule has 0 amide bonds. The van der Waals surface area contributed by atoms with Crippen LogP contribution in [0.1, 0.15) is 12.5 Å². The van der Waals surface area contributed by atoms with E-state index in [-0.39, 0.29) is 0 Å². The first kappa shape index (κ1) is 13.4. The summed E-state index contributed by atoms with van der Waals surface area (Å²) in [6, 6.07) is 16.5. The number of fused-ring (bicyclic) bond motifs is 1. The van der Waals surface area contributed by atoms with Crippen molar-refractivity contribution in [1.29, 1.82) is 0 Å². The maximum Gasteiger partial charge on any atom is 0.0959 e. The van der Waals surface area contributed by atoms with Crippen LogP contribution in [0.4, 0.5) is 17.1 Å². The Morgan fingerprint density at radius 3 is 2.52 bits per heavy atom. The van der Waals surface area contributed by atoms with E-state index in [0.717, 1.165) is 28.8 Å². The first-order valence-electron chi connectivity index (χ1n) is 7.18. The summed E-state index contributed by atoms with van der Waals surface area (Å²) in [6.45, 7) is 5.11. The van der Waals surface area contributed by atoms with E-state index in [0.29, 0.717) is 0 Å². The number of nitrogens with two attached hydrogens (primary N) is 1. The molecule has 1 aromatic heterocycles. The molecule has 0 radical (unpaired) electrons. The van der Waals surface area contributed by atoms with Gasteiger partial charge in [0.2, 0.25) is 0 Å². The van der Waals surface area contributed by atoms with E-state index >= 15 is 0 Å². The minimum Gasteiger partial charge on any atom is -0.398 e. The fraction of sp³-hybridized carbons (Fsp3) is 0.167. The quantitative estimate of drug-likeness (QED) is 0.726. The number of rotatable bonds is 3. The zero-order valence-corrected chi connectivity index (χ0v) is 12.4. The molecular weight excluding hydrogens is 258 g/mol. The Labute approximate surface area is 125 Å². The first-order chi connectivity index (χ1) is 10.2. The molecule has 106 valence electrons.